The summed E-state index contributed by atoms with van der Waals surface area (Å²) in [6, 6.07) is 13.8. The van der Waals surface area contributed by atoms with E-state index in [0.717, 1.165) is 39.4 Å². The van der Waals surface area contributed by atoms with Crippen LogP contribution in [0.15, 0.2) is 57.5 Å². The van der Waals surface area contributed by atoms with E-state index in [1.807, 2.05) is 63.2 Å². The molecular formula is C22H21NO4. The number of oxazole rings is 1. The molecule has 0 radical (unpaired) electrons. The van der Waals surface area contributed by atoms with E-state index >= 15 is 0 Å². The zero-order chi connectivity index (χ0) is 18.8. The molecule has 0 atom stereocenters. The van der Waals surface area contributed by atoms with Gasteiger partial charge in [0.25, 0.3) is 5.89 Å². The highest BCUT2D eigenvalue weighted by molar-refractivity contribution is 5.84. The van der Waals surface area contributed by atoms with Crippen molar-refractivity contribution in [3.63, 3.8) is 0 Å². The normalized spacial score (nSPS) is 11.1. The summed E-state index contributed by atoms with van der Waals surface area (Å²) in [4.78, 5) is 4.21. The topological polar surface area (TPSA) is 57.6 Å². The van der Waals surface area contributed by atoms with Crippen LogP contribution in [-0.4, -0.2) is 18.2 Å². The van der Waals surface area contributed by atoms with Gasteiger partial charge >= 0.3 is 0 Å². The quantitative estimate of drug-likeness (QED) is 0.425. The molecule has 0 spiro atoms. The van der Waals surface area contributed by atoms with Crippen molar-refractivity contribution in [3.05, 3.63) is 65.5 Å². The molecule has 2 aromatic carbocycles. The zero-order valence-corrected chi connectivity index (χ0v) is 15.6. The molecule has 0 N–H and O–H groups in total. The first-order valence-corrected chi connectivity index (χ1v) is 8.88. The Bertz CT molecular complexity index is 1080. The Morgan fingerprint density at radius 1 is 0.852 bits per heavy atom. The van der Waals surface area contributed by atoms with Crippen molar-refractivity contribution in [3.8, 4) is 23.1 Å². The molecule has 2 aromatic heterocycles. The van der Waals surface area contributed by atoms with Crippen LogP contribution in [0.1, 0.15) is 16.9 Å². The van der Waals surface area contributed by atoms with Crippen LogP contribution < -0.4 is 9.47 Å². The average Bonchev–Trinajstić information content (AvgIpc) is 3.26. The molecule has 27 heavy (non-hydrogen) atoms. The molecule has 0 aliphatic rings. The highest BCUT2D eigenvalue weighted by atomic mass is 16.5. The van der Waals surface area contributed by atoms with E-state index in [1.165, 1.54) is 0 Å². The highest BCUT2D eigenvalue weighted by Crippen LogP contribution is 2.32. The Labute approximate surface area is 157 Å². The van der Waals surface area contributed by atoms with Crippen molar-refractivity contribution < 1.29 is 18.3 Å². The van der Waals surface area contributed by atoms with E-state index in [9.17, 15) is 0 Å². The Hall–Kier alpha value is -3.21. The lowest BCUT2D eigenvalue weighted by molar-refractivity contribution is 0.215. The number of aryl methyl sites for hydroxylation is 3. The lowest BCUT2D eigenvalue weighted by Gasteiger charge is -2.11. The van der Waals surface area contributed by atoms with Crippen LogP contribution in [0.25, 0.3) is 22.6 Å². The maximum atomic E-state index is 5.92. The third-order valence-electron chi connectivity index (χ3n) is 4.34. The van der Waals surface area contributed by atoms with Crippen LogP contribution in [0, 0.1) is 20.8 Å². The van der Waals surface area contributed by atoms with Gasteiger partial charge in [-0.25, -0.2) is 4.98 Å². The van der Waals surface area contributed by atoms with Gasteiger partial charge in [0.15, 0.2) is 5.76 Å². The van der Waals surface area contributed by atoms with Gasteiger partial charge in [-0.1, -0.05) is 18.2 Å². The molecule has 4 aromatic rings. The van der Waals surface area contributed by atoms with Gasteiger partial charge in [0, 0.05) is 5.39 Å². The van der Waals surface area contributed by atoms with E-state index in [0.29, 0.717) is 24.9 Å². The Balaban J connectivity index is 1.45. The van der Waals surface area contributed by atoms with E-state index in [4.69, 9.17) is 18.3 Å². The second kappa shape index (κ2) is 7.19. The molecule has 0 bridgehead atoms. The lowest BCUT2D eigenvalue weighted by atomic mass is 10.1. The van der Waals surface area contributed by atoms with Gasteiger partial charge in [-0.2, -0.15) is 0 Å². The summed E-state index contributed by atoms with van der Waals surface area (Å²) >= 11 is 0. The Morgan fingerprint density at radius 3 is 2.37 bits per heavy atom. The largest absolute Gasteiger partial charge is 0.490 e. The van der Waals surface area contributed by atoms with Gasteiger partial charge in [0.05, 0.1) is 6.20 Å². The molecule has 138 valence electrons. The van der Waals surface area contributed by atoms with Crippen molar-refractivity contribution in [2.75, 3.05) is 13.2 Å². The summed E-state index contributed by atoms with van der Waals surface area (Å²) in [5.74, 6) is 3.54. The first kappa shape index (κ1) is 17.2. The van der Waals surface area contributed by atoms with Crippen LogP contribution in [0.3, 0.4) is 0 Å². The standard InChI is InChI=1S/C22H21NO4/c1-14-6-4-5-7-18(14)24-8-9-25-19-11-17-12-21(22-23-13-16(3)26-22)27-20(17)10-15(19)2/h4-7,10-13H,8-9H2,1-3H3. The van der Waals surface area contributed by atoms with Gasteiger partial charge in [-0.3, -0.25) is 0 Å². The maximum Gasteiger partial charge on any atom is 0.263 e. The van der Waals surface area contributed by atoms with E-state index in [-0.39, 0.29) is 0 Å². The number of aromatic nitrogens is 1. The number of para-hydroxylation sites is 1. The molecule has 0 amide bonds. The predicted molar refractivity (Wildman–Crippen MR) is 103 cm³/mol. The number of fused-ring (bicyclic) bond motifs is 1. The minimum absolute atomic E-state index is 0.463. The monoisotopic (exact) mass is 363 g/mol. The first-order chi connectivity index (χ1) is 13.1. The molecule has 0 aliphatic carbocycles. The molecule has 4 rings (SSSR count). The van der Waals surface area contributed by atoms with Crippen molar-refractivity contribution >= 4 is 11.0 Å². The van der Waals surface area contributed by atoms with Gasteiger partial charge in [0.1, 0.15) is 36.1 Å². The van der Waals surface area contributed by atoms with E-state index in [1.54, 1.807) is 6.20 Å². The van der Waals surface area contributed by atoms with Crippen LogP contribution >= 0.6 is 0 Å². The molecule has 0 saturated carbocycles. The number of hydrogen-bond acceptors (Lipinski definition) is 5. The number of nitrogens with zero attached hydrogens (tertiary/aromatic N) is 1. The second-order valence-corrected chi connectivity index (χ2v) is 6.50. The van der Waals surface area contributed by atoms with E-state index < -0.39 is 0 Å². The second-order valence-electron chi connectivity index (χ2n) is 6.50. The zero-order valence-electron chi connectivity index (χ0n) is 15.6. The van der Waals surface area contributed by atoms with Crippen molar-refractivity contribution in [1.82, 2.24) is 4.98 Å². The van der Waals surface area contributed by atoms with Gasteiger partial charge in [0.2, 0.25) is 0 Å². The summed E-state index contributed by atoms with van der Waals surface area (Å²) < 4.78 is 23.1. The molecule has 0 fully saturated rings. The molecular weight excluding hydrogens is 342 g/mol. The predicted octanol–water partition coefficient (Wildman–Crippen LogP) is 5.47. The third kappa shape index (κ3) is 3.67. The maximum absolute atomic E-state index is 5.92. The fourth-order valence-electron chi connectivity index (χ4n) is 2.92. The molecule has 2 heterocycles. The van der Waals surface area contributed by atoms with Crippen molar-refractivity contribution in [1.29, 1.82) is 0 Å². The summed E-state index contributed by atoms with van der Waals surface area (Å²) in [5.41, 5.74) is 2.90. The fourth-order valence-corrected chi connectivity index (χ4v) is 2.92. The van der Waals surface area contributed by atoms with Crippen LogP contribution in [0.4, 0.5) is 0 Å². The molecule has 0 saturated heterocycles. The molecule has 5 nitrogen and oxygen atoms in total. The van der Waals surface area contributed by atoms with Crippen molar-refractivity contribution in [2.45, 2.75) is 20.8 Å². The summed E-state index contributed by atoms with van der Waals surface area (Å²) in [7, 11) is 0. The number of benzene rings is 2. The average molecular weight is 363 g/mol. The molecule has 0 aliphatic heterocycles. The summed E-state index contributed by atoms with van der Waals surface area (Å²) in [5, 5.41) is 0.946. The molecule has 0 unspecified atom stereocenters. The van der Waals surface area contributed by atoms with E-state index in [2.05, 4.69) is 4.98 Å². The van der Waals surface area contributed by atoms with Gasteiger partial charge in [-0.05, 0) is 56.2 Å². The minimum atomic E-state index is 0.463. The van der Waals surface area contributed by atoms with Gasteiger partial charge in [-0.15, -0.1) is 0 Å². The Kier molecular flexibility index (Phi) is 4.59. The highest BCUT2D eigenvalue weighted by Gasteiger charge is 2.13. The Morgan fingerprint density at radius 2 is 1.63 bits per heavy atom. The smallest absolute Gasteiger partial charge is 0.263 e. The third-order valence-corrected chi connectivity index (χ3v) is 4.34. The van der Waals surface area contributed by atoms with Crippen LogP contribution in [-0.2, 0) is 0 Å². The summed E-state index contributed by atoms with van der Waals surface area (Å²) in [6.07, 6.45) is 1.68. The lowest BCUT2D eigenvalue weighted by Crippen LogP contribution is -2.10. The van der Waals surface area contributed by atoms with Gasteiger partial charge < -0.3 is 18.3 Å². The first-order valence-electron chi connectivity index (χ1n) is 8.88. The van der Waals surface area contributed by atoms with Crippen LogP contribution in [0.5, 0.6) is 11.5 Å². The summed E-state index contributed by atoms with van der Waals surface area (Å²) in [6.45, 7) is 6.82. The van der Waals surface area contributed by atoms with Crippen molar-refractivity contribution in [2.24, 2.45) is 0 Å². The number of furan rings is 1. The minimum Gasteiger partial charge on any atom is -0.490 e. The SMILES string of the molecule is Cc1cnc(-c2cc3cc(OCCOc4ccccc4C)c(C)cc3o2)o1. The fraction of sp³-hybridized carbons (Fsp3) is 0.227. The number of hydrogen-bond donors (Lipinski definition) is 0. The molecule has 5 heteroatoms. The number of rotatable bonds is 6. The number of ether oxygens (including phenoxy) is 2. The van der Waals surface area contributed by atoms with Crippen LogP contribution in [0.2, 0.25) is 0 Å².